The lowest BCUT2D eigenvalue weighted by molar-refractivity contribution is 0.653. The molecule has 0 bridgehead atoms. The van der Waals surface area contributed by atoms with Crippen molar-refractivity contribution in [2.45, 2.75) is 12.0 Å². The van der Waals surface area contributed by atoms with Crippen LogP contribution >= 0.6 is 34.5 Å². The number of hydrogen-bond donors (Lipinski definition) is 1. The predicted octanol–water partition coefficient (Wildman–Crippen LogP) is 4.44. The maximum absolute atomic E-state index is 6.40. The summed E-state index contributed by atoms with van der Waals surface area (Å²) in [5.74, 6) is 1.77. The van der Waals surface area contributed by atoms with Gasteiger partial charge < -0.3 is 10.6 Å². The first-order valence-corrected chi connectivity index (χ1v) is 9.63. The number of rotatable bonds is 3. The monoisotopic (exact) mass is 390 g/mol. The summed E-state index contributed by atoms with van der Waals surface area (Å²) < 4.78 is 0. The first-order valence-electron chi connectivity index (χ1n) is 7.93. The maximum Gasteiger partial charge on any atom is 0.162 e. The van der Waals surface area contributed by atoms with Gasteiger partial charge in [-0.2, -0.15) is 11.3 Å². The van der Waals surface area contributed by atoms with Crippen LogP contribution in [-0.2, 0) is 0 Å². The molecule has 1 saturated heterocycles. The number of thiophene rings is 1. The Labute approximate surface area is 160 Å². The molecule has 1 aliphatic heterocycles. The van der Waals surface area contributed by atoms with E-state index in [0.717, 1.165) is 35.9 Å². The quantitative estimate of drug-likeness (QED) is 0.717. The van der Waals surface area contributed by atoms with E-state index in [1.807, 2.05) is 35.0 Å². The van der Waals surface area contributed by atoms with Crippen LogP contribution in [0.5, 0.6) is 0 Å². The molecule has 0 radical (unpaired) electrons. The molecule has 0 amide bonds. The highest BCUT2D eigenvalue weighted by molar-refractivity contribution is 7.08. The van der Waals surface area contributed by atoms with E-state index in [1.54, 1.807) is 23.6 Å². The molecule has 7 heteroatoms. The number of aromatic nitrogens is 2. The fraction of sp³-hybridized carbons (Fsp3) is 0.222. The van der Waals surface area contributed by atoms with Crippen molar-refractivity contribution in [3.8, 4) is 11.4 Å². The minimum Gasteiger partial charge on any atom is -0.354 e. The minimum absolute atomic E-state index is 0.0155. The number of halogens is 2. The Hall–Kier alpha value is -1.66. The summed E-state index contributed by atoms with van der Waals surface area (Å²) in [6, 6.07) is 9.53. The number of benzene rings is 1. The second kappa shape index (κ2) is 6.92. The van der Waals surface area contributed by atoms with Crippen LogP contribution in [-0.4, -0.2) is 29.1 Å². The zero-order valence-electron chi connectivity index (χ0n) is 13.3. The van der Waals surface area contributed by atoms with E-state index in [9.17, 15) is 0 Å². The van der Waals surface area contributed by atoms with E-state index in [-0.39, 0.29) is 12.0 Å². The standard InChI is InChI=1S/C18H16Cl2N4S/c19-12-1-2-13(15(20)7-12)14-8-24(9-16(14)21)17-3-5-22-18(23-17)11-4-6-25-10-11/h1-7,10,14,16H,8-9,21H2. The normalized spacial score (nSPS) is 20.2. The molecule has 4 rings (SSSR count). The van der Waals surface area contributed by atoms with Crippen molar-refractivity contribution in [1.82, 2.24) is 9.97 Å². The molecule has 0 aliphatic carbocycles. The highest BCUT2D eigenvalue weighted by Crippen LogP contribution is 2.35. The molecule has 25 heavy (non-hydrogen) atoms. The lowest BCUT2D eigenvalue weighted by Gasteiger charge is -2.18. The molecule has 128 valence electrons. The van der Waals surface area contributed by atoms with Gasteiger partial charge in [-0.25, -0.2) is 9.97 Å². The maximum atomic E-state index is 6.40. The first-order chi connectivity index (χ1) is 12.1. The van der Waals surface area contributed by atoms with Crippen molar-refractivity contribution < 1.29 is 0 Å². The van der Waals surface area contributed by atoms with Gasteiger partial charge in [0.05, 0.1) is 0 Å². The third kappa shape index (κ3) is 3.37. The average Bonchev–Trinajstić information content (AvgIpc) is 3.25. The van der Waals surface area contributed by atoms with E-state index in [1.165, 1.54) is 0 Å². The molecule has 4 nitrogen and oxygen atoms in total. The van der Waals surface area contributed by atoms with Gasteiger partial charge in [-0.1, -0.05) is 29.3 Å². The van der Waals surface area contributed by atoms with Crippen LogP contribution in [0.4, 0.5) is 5.82 Å². The average molecular weight is 391 g/mol. The van der Waals surface area contributed by atoms with Crippen LogP contribution < -0.4 is 10.6 Å². The molecule has 3 aromatic rings. The molecule has 0 spiro atoms. The van der Waals surface area contributed by atoms with Gasteiger partial charge in [0, 0.05) is 52.2 Å². The fourth-order valence-corrected chi connectivity index (χ4v) is 4.39. The summed E-state index contributed by atoms with van der Waals surface area (Å²) in [5.41, 5.74) is 8.47. The Kier molecular flexibility index (Phi) is 4.65. The van der Waals surface area contributed by atoms with E-state index in [2.05, 4.69) is 9.88 Å². The van der Waals surface area contributed by atoms with Gasteiger partial charge in [0.2, 0.25) is 0 Å². The van der Waals surface area contributed by atoms with Crippen LogP contribution in [0.1, 0.15) is 11.5 Å². The van der Waals surface area contributed by atoms with Gasteiger partial charge in [-0.15, -0.1) is 0 Å². The molecule has 1 aromatic carbocycles. The molecule has 2 unspecified atom stereocenters. The Balaban J connectivity index is 1.60. The fourth-order valence-electron chi connectivity index (χ4n) is 3.20. The summed E-state index contributed by atoms with van der Waals surface area (Å²) in [6.45, 7) is 1.49. The van der Waals surface area contributed by atoms with E-state index < -0.39 is 0 Å². The third-order valence-electron chi connectivity index (χ3n) is 4.47. The Morgan fingerprint density at radius 3 is 2.80 bits per heavy atom. The van der Waals surface area contributed by atoms with E-state index in [0.29, 0.717) is 10.0 Å². The zero-order valence-corrected chi connectivity index (χ0v) is 15.6. The molecular weight excluding hydrogens is 375 g/mol. The van der Waals surface area contributed by atoms with Gasteiger partial charge in [0.1, 0.15) is 5.82 Å². The Morgan fingerprint density at radius 1 is 1.16 bits per heavy atom. The lowest BCUT2D eigenvalue weighted by atomic mass is 9.95. The Bertz CT molecular complexity index is 885. The first kappa shape index (κ1) is 16.8. The van der Waals surface area contributed by atoms with Crippen molar-refractivity contribution in [2.75, 3.05) is 18.0 Å². The van der Waals surface area contributed by atoms with Crippen molar-refractivity contribution in [1.29, 1.82) is 0 Å². The highest BCUT2D eigenvalue weighted by Gasteiger charge is 2.33. The van der Waals surface area contributed by atoms with Gasteiger partial charge in [-0.05, 0) is 35.2 Å². The van der Waals surface area contributed by atoms with Crippen LogP contribution in [0.25, 0.3) is 11.4 Å². The highest BCUT2D eigenvalue weighted by atomic mass is 35.5. The van der Waals surface area contributed by atoms with Gasteiger partial charge in [0.15, 0.2) is 5.82 Å². The molecule has 1 aliphatic rings. The second-order valence-electron chi connectivity index (χ2n) is 6.09. The molecule has 2 atom stereocenters. The molecule has 2 N–H and O–H groups in total. The number of nitrogens with zero attached hydrogens (tertiary/aromatic N) is 3. The molecule has 2 aromatic heterocycles. The smallest absolute Gasteiger partial charge is 0.162 e. The number of nitrogens with two attached hydrogens (primary N) is 1. The van der Waals surface area contributed by atoms with Crippen molar-refractivity contribution in [3.05, 3.63) is 62.9 Å². The molecule has 1 fully saturated rings. The third-order valence-corrected chi connectivity index (χ3v) is 5.72. The van der Waals surface area contributed by atoms with Gasteiger partial charge in [-0.3, -0.25) is 0 Å². The van der Waals surface area contributed by atoms with Crippen LogP contribution in [0, 0.1) is 0 Å². The minimum atomic E-state index is -0.0155. The number of anilines is 1. The molecule has 0 saturated carbocycles. The van der Waals surface area contributed by atoms with Crippen LogP contribution in [0.3, 0.4) is 0 Å². The zero-order chi connectivity index (χ0) is 17.4. The summed E-state index contributed by atoms with van der Waals surface area (Å²) in [5, 5.41) is 5.37. The largest absolute Gasteiger partial charge is 0.354 e. The SMILES string of the molecule is NC1CN(c2ccnc(-c3ccsc3)n2)CC1c1ccc(Cl)cc1Cl. The summed E-state index contributed by atoms with van der Waals surface area (Å²) in [4.78, 5) is 11.3. The van der Waals surface area contributed by atoms with Crippen LogP contribution in [0.15, 0.2) is 47.3 Å². The van der Waals surface area contributed by atoms with Gasteiger partial charge in [0.25, 0.3) is 0 Å². The predicted molar refractivity (Wildman–Crippen MR) is 105 cm³/mol. The topological polar surface area (TPSA) is 55.0 Å². The van der Waals surface area contributed by atoms with Crippen molar-refractivity contribution >= 4 is 40.4 Å². The second-order valence-corrected chi connectivity index (χ2v) is 7.72. The summed E-state index contributed by atoms with van der Waals surface area (Å²) in [7, 11) is 0. The van der Waals surface area contributed by atoms with Gasteiger partial charge >= 0.3 is 0 Å². The van der Waals surface area contributed by atoms with E-state index in [4.69, 9.17) is 33.9 Å². The van der Waals surface area contributed by atoms with Crippen molar-refractivity contribution in [3.63, 3.8) is 0 Å². The molecular formula is C18H16Cl2N4S. The summed E-state index contributed by atoms with van der Waals surface area (Å²) in [6.07, 6.45) is 1.80. The molecule has 3 heterocycles. The van der Waals surface area contributed by atoms with Crippen LogP contribution in [0.2, 0.25) is 10.0 Å². The Morgan fingerprint density at radius 2 is 2.04 bits per heavy atom. The van der Waals surface area contributed by atoms with Crippen molar-refractivity contribution in [2.24, 2.45) is 5.73 Å². The lowest BCUT2D eigenvalue weighted by Crippen LogP contribution is -2.29. The number of hydrogen-bond acceptors (Lipinski definition) is 5. The summed E-state index contributed by atoms with van der Waals surface area (Å²) >= 11 is 14.0. The van der Waals surface area contributed by atoms with E-state index >= 15 is 0 Å².